The molecule has 0 aliphatic heterocycles. The molecule has 0 fully saturated rings. The molecular weight excluding hydrogens is 458 g/mol. The molecule has 0 aliphatic rings. The molecule has 16 heteroatoms. The summed E-state index contributed by atoms with van der Waals surface area (Å²) in [6, 6.07) is -5.85. The van der Waals surface area contributed by atoms with Gasteiger partial charge in [-0.1, -0.05) is 0 Å². The Hall–Kier alpha value is -3.50. The fraction of sp³-hybridized carbons (Fsp3) is 0.667. The topological polar surface area (TPSA) is 293 Å². The molecule has 5 atom stereocenters. The summed E-state index contributed by atoms with van der Waals surface area (Å²) in [6.45, 7) is 0.373. The smallest absolute Gasteiger partial charge is 0.326 e. The zero-order valence-electron chi connectivity index (χ0n) is 18.6. The van der Waals surface area contributed by atoms with Crippen LogP contribution in [0, 0.1) is 0 Å². The van der Waals surface area contributed by atoms with Crippen molar-refractivity contribution in [2.24, 2.45) is 22.2 Å². The molecule has 16 nitrogen and oxygen atoms in total. The van der Waals surface area contributed by atoms with Gasteiger partial charge in [-0.05, 0) is 26.2 Å². The van der Waals surface area contributed by atoms with Gasteiger partial charge in [-0.2, -0.15) is 0 Å². The van der Waals surface area contributed by atoms with Crippen molar-refractivity contribution in [2.75, 3.05) is 13.2 Å². The summed E-state index contributed by atoms with van der Waals surface area (Å²) in [4.78, 5) is 62.7. The lowest BCUT2D eigenvalue weighted by molar-refractivity contribution is -0.143. The van der Waals surface area contributed by atoms with Crippen LogP contribution in [0.1, 0.15) is 32.6 Å². The van der Waals surface area contributed by atoms with Crippen molar-refractivity contribution < 1.29 is 44.4 Å². The van der Waals surface area contributed by atoms with E-state index in [9.17, 15) is 39.3 Å². The van der Waals surface area contributed by atoms with E-state index < -0.39 is 73.0 Å². The molecule has 3 amide bonds. The molecule has 0 spiro atoms. The third kappa shape index (κ3) is 11.9. The second kappa shape index (κ2) is 15.4. The summed E-state index contributed by atoms with van der Waals surface area (Å²) in [6.07, 6.45) is -1.94. The van der Waals surface area contributed by atoms with Gasteiger partial charge in [0, 0.05) is 13.0 Å². The van der Waals surface area contributed by atoms with Crippen molar-refractivity contribution in [2.45, 2.75) is 62.9 Å². The summed E-state index contributed by atoms with van der Waals surface area (Å²) in [7, 11) is 0. The van der Waals surface area contributed by atoms with Gasteiger partial charge in [0.15, 0.2) is 5.96 Å². The Morgan fingerprint density at radius 1 is 0.912 bits per heavy atom. The predicted octanol–water partition coefficient (Wildman–Crippen LogP) is -4.86. The quantitative estimate of drug-likeness (QED) is 0.0552. The van der Waals surface area contributed by atoms with Crippen LogP contribution in [0.2, 0.25) is 0 Å². The zero-order valence-corrected chi connectivity index (χ0v) is 18.6. The average molecular weight is 492 g/mol. The number of carbonyl (C=O) groups is 5. The van der Waals surface area contributed by atoms with E-state index in [1.165, 1.54) is 0 Å². The Bertz CT molecular complexity index is 756. The maximum absolute atomic E-state index is 12.5. The van der Waals surface area contributed by atoms with Gasteiger partial charge < -0.3 is 53.6 Å². The third-order valence-corrected chi connectivity index (χ3v) is 4.44. The number of nitrogens with zero attached hydrogens (tertiary/aromatic N) is 1. The number of amides is 3. The van der Waals surface area contributed by atoms with Gasteiger partial charge in [0.05, 0.1) is 18.8 Å². The largest absolute Gasteiger partial charge is 0.481 e. The van der Waals surface area contributed by atoms with E-state index in [0.717, 1.165) is 6.92 Å². The van der Waals surface area contributed by atoms with Crippen molar-refractivity contribution in [1.82, 2.24) is 16.0 Å². The SMILES string of the molecule is CC(O)C(NC(=O)C(CO)NC(=O)C(N)CCC(=O)O)C(=O)NC(CCCN=C(N)N)C(=O)O. The fourth-order valence-electron chi connectivity index (χ4n) is 2.56. The number of hydrogen-bond donors (Lipinski definition) is 10. The van der Waals surface area contributed by atoms with Crippen molar-refractivity contribution in [3.63, 3.8) is 0 Å². The number of carbonyl (C=O) groups excluding carboxylic acids is 3. The minimum absolute atomic E-state index is 0.0537. The number of carboxylic acid groups (broad SMARTS) is 2. The molecule has 0 bridgehead atoms. The van der Waals surface area contributed by atoms with Gasteiger partial charge >= 0.3 is 11.9 Å². The summed E-state index contributed by atoms with van der Waals surface area (Å²) in [5.74, 6) is -5.74. The monoisotopic (exact) mass is 491 g/mol. The second-order valence-electron chi connectivity index (χ2n) is 7.36. The third-order valence-electron chi connectivity index (χ3n) is 4.44. The molecule has 0 aromatic heterocycles. The Morgan fingerprint density at radius 3 is 1.97 bits per heavy atom. The molecule has 0 rings (SSSR count). The maximum Gasteiger partial charge on any atom is 0.326 e. The molecule has 0 radical (unpaired) electrons. The van der Waals surface area contributed by atoms with Crippen LogP contribution in [0.25, 0.3) is 0 Å². The average Bonchev–Trinajstić information content (AvgIpc) is 2.74. The van der Waals surface area contributed by atoms with E-state index in [0.29, 0.717) is 0 Å². The standard InChI is InChI=1S/C18H33N7O9/c1-8(27)13(16(32)23-10(17(33)34)3-2-6-22-18(20)21)25-15(31)11(7-26)24-14(30)9(19)4-5-12(28)29/h8-11,13,26-27H,2-7,19H2,1H3,(H,23,32)(H,24,30)(H,25,31)(H,28,29)(H,33,34)(H4,20,21,22). The van der Waals surface area contributed by atoms with Crippen LogP contribution in [0.3, 0.4) is 0 Å². The summed E-state index contributed by atoms with van der Waals surface area (Å²) >= 11 is 0. The van der Waals surface area contributed by atoms with E-state index in [2.05, 4.69) is 20.9 Å². The molecule has 34 heavy (non-hydrogen) atoms. The summed E-state index contributed by atoms with van der Waals surface area (Å²) in [5, 5.41) is 43.7. The lowest BCUT2D eigenvalue weighted by atomic mass is 10.1. The van der Waals surface area contributed by atoms with Crippen LogP contribution in [0.4, 0.5) is 0 Å². The van der Waals surface area contributed by atoms with Gasteiger partial charge in [-0.25, -0.2) is 4.79 Å². The minimum atomic E-state index is -1.63. The van der Waals surface area contributed by atoms with Crippen molar-refractivity contribution in [3.8, 4) is 0 Å². The van der Waals surface area contributed by atoms with E-state index in [1.54, 1.807) is 0 Å². The number of aliphatic hydroxyl groups is 2. The molecule has 13 N–H and O–H groups in total. The number of rotatable bonds is 16. The summed E-state index contributed by atoms with van der Waals surface area (Å²) < 4.78 is 0. The fourth-order valence-corrected chi connectivity index (χ4v) is 2.56. The summed E-state index contributed by atoms with van der Waals surface area (Å²) in [5.41, 5.74) is 15.9. The maximum atomic E-state index is 12.5. The van der Waals surface area contributed by atoms with Crippen molar-refractivity contribution in [3.05, 3.63) is 0 Å². The van der Waals surface area contributed by atoms with Crippen molar-refractivity contribution >= 4 is 35.6 Å². The minimum Gasteiger partial charge on any atom is -0.481 e. The molecule has 5 unspecified atom stereocenters. The molecule has 0 aliphatic carbocycles. The highest BCUT2D eigenvalue weighted by molar-refractivity contribution is 5.94. The lowest BCUT2D eigenvalue weighted by Crippen LogP contribution is -2.60. The molecule has 0 aromatic carbocycles. The first-order chi connectivity index (χ1) is 15.8. The molecule has 0 saturated heterocycles. The Balaban J connectivity index is 5.12. The Kier molecular flexibility index (Phi) is 13.8. The number of nitrogens with one attached hydrogen (secondary N) is 3. The van der Waals surface area contributed by atoms with Crippen LogP contribution in [0.5, 0.6) is 0 Å². The first-order valence-electron chi connectivity index (χ1n) is 10.3. The van der Waals surface area contributed by atoms with E-state index in [-0.39, 0.29) is 31.8 Å². The normalized spacial score (nSPS) is 15.1. The van der Waals surface area contributed by atoms with Gasteiger partial charge in [0.25, 0.3) is 0 Å². The number of aliphatic hydroxyl groups excluding tert-OH is 2. The molecule has 194 valence electrons. The molecule has 0 heterocycles. The molecule has 0 saturated carbocycles. The van der Waals surface area contributed by atoms with E-state index in [1.807, 2.05) is 0 Å². The van der Waals surface area contributed by atoms with Crippen LogP contribution < -0.4 is 33.2 Å². The van der Waals surface area contributed by atoms with Crippen molar-refractivity contribution in [1.29, 1.82) is 0 Å². The van der Waals surface area contributed by atoms with Gasteiger partial charge in [0.1, 0.15) is 18.1 Å². The number of guanidine groups is 1. The molecule has 0 aromatic rings. The number of nitrogens with two attached hydrogens (primary N) is 3. The van der Waals surface area contributed by atoms with Crippen LogP contribution >= 0.6 is 0 Å². The second-order valence-corrected chi connectivity index (χ2v) is 7.36. The first kappa shape index (κ1) is 30.5. The lowest BCUT2D eigenvalue weighted by Gasteiger charge is -2.25. The van der Waals surface area contributed by atoms with E-state index in [4.69, 9.17) is 22.3 Å². The number of aliphatic carboxylic acids is 2. The first-order valence-corrected chi connectivity index (χ1v) is 10.3. The predicted molar refractivity (Wildman–Crippen MR) is 117 cm³/mol. The van der Waals surface area contributed by atoms with Gasteiger partial charge in [-0.3, -0.25) is 24.2 Å². The van der Waals surface area contributed by atoms with E-state index >= 15 is 0 Å². The number of aliphatic imine (C=N–C) groups is 1. The zero-order chi connectivity index (χ0) is 26.4. The van der Waals surface area contributed by atoms with Gasteiger partial charge in [-0.15, -0.1) is 0 Å². The van der Waals surface area contributed by atoms with Crippen LogP contribution in [-0.2, 0) is 24.0 Å². The number of hydrogen-bond acceptors (Lipinski definition) is 9. The highest BCUT2D eigenvalue weighted by Gasteiger charge is 2.32. The molecular formula is C18H33N7O9. The van der Waals surface area contributed by atoms with Crippen LogP contribution in [0.15, 0.2) is 4.99 Å². The Morgan fingerprint density at radius 2 is 1.50 bits per heavy atom. The highest BCUT2D eigenvalue weighted by atomic mass is 16.4. The van der Waals surface area contributed by atoms with Crippen LogP contribution in [-0.4, -0.2) is 99.5 Å². The number of carboxylic acids is 2. The Labute approximate surface area is 194 Å². The van der Waals surface area contributed by atoms with Gasteiger partial charge in [0.2, 0.25) is 17.7 Å². The highest BCUT2D eigenvalue weighted by Crippen LogP contribution is 2.03.